The van der Waals surface area contributed by atoms with Gasteiger partial charge in [0.1, 0.15) is 47.6 Å². The average molecular weight is 1190 g/mol. The van der Waals surface area contributed by atoms with Crippen LogP contribution >= 0.6 is 11.8 Å². The molecule has 5 rings (SSSR count). The van der Waals surface area contributed by atoms with E-state index in [1.807, 2.05) is 32.9 Å². The van der Waals surface area contributed by atoms with Gasteiger partial charge in [0.15, 0.2) is 0 Å². The van der Waals surface area contributed by atoms with E-state index in [9.17, 15) is 56.7 Å². The molecule has 5 aromatic rings. The lowest BCUT2D eigenvalue weighted by molar-refractivity contribution is -0.141. The molecule has 0 aliphatic heterocycles. The number of aliphatic carboxylic acids is 1. The van der Waals surface area contributed by atoms with Crippen LogP contribution in [0, 0.1) is 20.8 Å². The van der Waals surface area contributed by atoms with E-state index < -0.39 is 119 Å². The van der Waals surface area contributed by atoms with Gasteiger partial charge in [-0.3, -0.25) is 42.9 Å². The van der Waals surface area contributed by atoms with Gasteiger partial charge in [-0.2, -0.15) is 20.2 Å². The molecule has 12 N–H and O–H groups in total. The van der Waals surface area contributed by atoms with Gasteiger partial charge in [-0.05, 0) is 112 Å². The zero-order chi connectivity index (χ0) is 61.2. The number of carbonyl (C=O) groups is 9. The van der Waals surface area contributed by atoms with Crippen LogP contribution in [-0.2, 0) is 79.2 Å². The Morgan fingerprint density at radius 1 is 0.651 bits per heavy atom. The Morgan fingerprint density at radius 3 is 1.77 bits per heavy atom. The van der Waals surface area contributed by atoms with Crippen molar-refractivity contribution < 1.29 is 70.1 Å². The van der Waals surface area contributed by atoms with E-state index in [1.165, 1.54) is 36.0 Å². The fraction of sp³-hybridized carbons (Fsp3) is 0.386. The van der Waals surface area contributed by atoms with Crippen molar-refractivity contribution in [1.82, 2.24) is 42.2 Å². The molecule has 446 valence electrons. The molecular weight excluding hydrogens is 1110 g/mol. The fourth-order valence-electron chi connectivity index (χ4n) is 8.96. The van der Waals surface area contributed by atoms with Gasteiger partial charge in [0.05, 0.1) is 13.0 Å². The number of primary amides is 1. The Balaban J connectivity index is 1.40. The average Bonchev–Trinajstić information content (AvgIpc) is 4.04. The van der Waals surface area contributed by atoms with Crippen molar-refractivity contribution in [2.75, 3.05) is 18.6 Å². The molecular formula is C57H71N9O15S2. The van der Waals surface area contributed by atoms with E-state index in [-0.39, 0.29) is 37.9 Å². The van der Waals surface area contributed by atoms with Crippen molar-refractivity contribution in [2.24, 2.45) is 5.73 Å². The second-order valence-electron chi connectivity index (χ2n) is 20.8. The third-order valence-electron chi connectivity index (χ3n) is 12.8. The summed E-state index contributed by atoms with van der Waals surface area (Å²) >= 11 is 1.35. The monoisotopic (exact) mass is 1190 g/mol. The highest BCUT2D eigenvalue weighted by atomic mass is 32.3. The number of benzene rings is 4. The second-order valence-corrected chi connectivity index (χ2v) is 22.8. The lowest BCUT2D eigenvalue weighted by Crippen LogP contribution is -2.59. The summed E-state index contributed by atoms with van der Waals surface area (Å²) in [5, 5.41) is 28.6. The number of carboxylic acids is 1. The van der Waals surface area contributed by atoms with Crippen LogP contribution in [0.3, 0.4) is 0 Å². The molecule has 83 heavy (non-hydrogen) atoms. The Labute approximate surface area is 484 Å². The minimum absolute atomic E-state index is 0.0418. The number of H-pyrrole nitrogens is 1. The van der Waals surface area contributed by atoms with Gasteiger partial charge in [0.2, 0.25) is 41.4 Å². The minimum Gasteiger partial charge on any atom is -0.481 e. The van der Waals surface area contributed by atoms with Crippen molar-refractivity contribution in [3.8, 4) is 5.75 Å². The number of hydrogen-bond acceptors (Lipinski definition) is 14. The quantitative estimate of drug-likeness (QED) is 0.0307. The number of rotatable bonds is 29. The van der Waals surface area contributed by atoms with E-state index in [0.29, 0.717) is 38.9 Å². The van der Waals surface area contributed by atoms with Crippen LogP contribution in [0.1, 0.15) is 72.6 Å². The van der Waals surface area contributed by atoms with Crippen LogP contribution in [-0.4, -0.2) is 137 Å². The van der Waals surface area contributed by atoms with Crippen molar-refractivity contribution in [3.63, 3.8) is 0 Å². The lowest BCUT2D eigenvalue weighted by Gasteiger charge is -2.27. The third-order valence-corrected chi connectivity index (χ3v) is 13.9. The number of fused-ring (bicyclic) bond motifs is 1. The zero-order valence-corrected chi connectivity index (χ0v) is 48.6. The van der Waals surface area contributed by atoms with Gasteiger partial charge in [-0.25, -0.2) is 4.79 Å². The van der Waals surface area contributed by atoms with Crippen molar-refractivity contribution in [1.29, 1.82) is 0 Å². The molecule has 6 atom stereocenters. The number of ether oxygens (including phenoxy) is 1. The van der Waals surface area contributed by atoms with Crippen LogP contribution < -0.4 is 47.1 Å². The fourth-order valence-corrected chi connectivity index (χ4v) is 9.78. The normalized spacial score (nSPS) is 13.6. The number of alkyl carbamates (subject to hydrolysis) is 1. The summed E-state index contributed by atoms with van der Waals surface area (Å²) in [5.41, 5.74) is 10.1. The van der Waals surface area contributed by atoms with Gasteiger partial charge in [-0.15, -0.1) is 0 Å². The Hall–Kier alpha value is -8.49. The smallest absolute Gasteiger partial charge is 0.446 e. The predicted octanol–water partition coefficient (Wildman–Crippen LogP) is 2.69. The molecule has 0 aliphatic carbocycles. The van der Waals surface area contributed by atoms with Gasteiger partial charge >= 0.3 is 22.5 Å². The van der Waals surface area contributed by atoms with E-state index in [1.54, 1.807) is 87.8 Å². The van der Waals surface area contributed by atoms with E-state index >= 15 is 0 Å². The SMILES string of the molecule is CSCC[C@H](NC(=O)[C@H](Cc1ccc(OS(=O)(=O)O)cc1)NC(=O)OC(C)(C)C)C(=O)NCC(=O)N[C@@H](Cc1c[nH]c2ccccc12)C(=O)N[C@@H](Cc1c(C)cc(C)cc1C)C(=O)N[C@@H](CC(=O)O)C(=O)N[C@@H](Cc1ccccc1)C(N)=O. The van der Waals surface area contributed by atoms with Gasteiger partial charge < -0.3 is 62.0 Å². The maximum absolute atomic E-state index is 14.8. The summed E-state index contributed by atoms with van der Waals surface area (Å²) in [7, 11) is -4.84. The zero-order valence-electron chi connectivity index (χ0n) is 47.0. The standard InChI is InChI=1S/C57H71N9O15S2/c1-32-23-33(2)40(34(3)24-32)28-46(54(74)65-47(29-49(68)69)55(75)63-43(50(58)70)25-35-13-9-8-10-14-35)64-53(73)45(27-37-30-59-41-16-12-11-15-39(37)41)61-48(67)31-60-51(71)42(21-22-82-7)62-52(72)44(66-56(76)80-57(4,5)6)26-36-17-19-38(20-18-36)81-83(77,78)79/h8-20,23-24,30,42-47,59H,21-22,25-29,31H2,1-7H3,(H2,58,70)(H,60,71)(H,61,67)(H,62,72)(H,63,75)(H,64,73)(H,65,74)(H,66,76)(H,68,69)(H,77,78,79)/t42-,43-,44-,45-,46-,47-/m0/s1. The number of amides is 8. The molecule has 0 aliphatic rings. The highest BCUT2D eigenvalue weighted by molar-refractivity contribution is 7.98. The molecule has 1 heterocycles. The van der Waals surface area contributed by atoms with Crippen LogP contribution in [0.5, 0.6) is 5.75 Å². The summed E-state index contributed by atoms with van der Waals surface area (Å²) in [6, 6.07) is 16.0. The summed E-state index contributed by atoms with van der Waals surface area (Å²) in [6.07, 6.45) is 0.981. The molecule has 0 bridgehead atoms. The molecule has 0 unspecified atom stereocenters. The Kier molecular flexibility index (Phi) is 23.6. The summed E-state index contributed by atoms with van der Waals surface area (Å²) < 4.78 is 41.4. The maximum atomic E-state index is 14.8. The Bertz CT molecular complexity index is 3240. The number of hydrogen-bond donors (Lipinski definition) is 11. The highest BCUT2D eigenvalue weighted by Crippen LogP contribution is 2.22. The largest absolute Gasteiger partial charge is 0.481 e. The van der Waals surface area contributed by atoms with Crippen LogP contribution in [0.2, 0.25) is 0 Å². The van der Waals surface area contributed by atoms with Crippen molar-refractivity contribution in [3.05, 3.63) is 136 Å². The van der Waals surface area contributed by atoms with Crippen molar-refractivity contribution in [2.45, 2.75) is 122 Å². The van der Waals surface area contributed by atoms with Crippen LogP contribution in [0.4, 0.5) is 4.79 Å². The third kappa shape index (κ3) is 21.4. The number of aromatic amines is 1. The maximum Gasteiger partial charge on any atom is 0.446 e. The molecule has 8 amide bonds. The minimum atomic E-state index is -4.84. The molecule has 24 nitrogen and oxygen atoms in total. The van der Waals surface area contributed by atoms with Gasteiger partial charge in [0, 0.05) is 42.8 Å². The molecule has 0 spiro atoms. The summed E-state index contributed by atoms with van der Waals surface area (Å²) in [4.78, 5) is 126. The molecule has 1 aromatic heterocycles. The molecule has 0 fully saturated rings. The number of nitrogens with two attached hydrogens (primary N) is 1. The molecule has 0 saturated heterocycles. The number of thioether (sulfide) groups is 1. The van der Waals surface area contributed by atoms with E-state index in [2.05, 4.69) is 46.4 Å². The number of carbonyl (C=O) groups excluding carboxylic acids is 8. The molecule has 0 radical (unpaired) electrons. The van der Waals surface area contributed by atoms with Crippen molar-refractivity contribution >= 4 is 86.5 Å². The summed E-state index contributed by atoms with van der Waals surface area (Å²) in [6.45, 7) is 9.60. The highest BCUT2D eigenvalue weighted by Gasteiger charge is 2.35. The first-order chi connectivity index (χ1) is 39.1. The number of nitrogens with one attached hydrogen (secondary N) is 8. The van der Waals surface area contributed by atoms with Crippen LogP contribution in [0.15, 0.2) is 97.2 Å². The van der Waals surface area contributed by atoms with Crippen LogP contribution in [0.25, 0.3) is 10.9 Å². The van der Waals surface area contributed by atoms with E-state index in [4.69, 9.17) is 15.0 Å². The molecule has 4 aromatic carbocycles. The van der Waals surface area contributed by atoms with Gasteiger partial charge in [0.25, 0.3) is 0 Å². The first-order valence-electron chi connectivity index (χ1n) is 26.3. The van der Waals surface area contributed by atoms with E-state index in [0.717, 1.165) is 16.7 Å². The topological polar surface area (TPSA) is 373 Å². The first-order valence-corrected chi connectivity index (χ1v) is 29.0. The first kappa shape index (κ1) is 65.3. The number of para-hydroxylation sites is 1. The predicted molar refractivity (Wildman–Crippen MR) is 309 cm³/mol. The Morgan fingerprint density at radius 2 is 1.18 bits per heavy atom. The lowest BCUT2D eigenvalue weighted by atomic mass is 9.93. The second kappa shape index (κ2) is 30.0. The molecule has 0 saturated carbocycles. The number of carboxylic acid groups (broad SMARTS) is 1. The van der Waals surface area contributed by atoms with Gasteiger partial charge in [-0.1, -0.05) is 78.4 Å². The molecule has 26 heteroatoms. The number of aromatic nitrogens is 1. The number of aryl methyl sites for hydroxylation is 3. The summed E-state index contributed by atoms with van der Waals surface area (Å²) in [5.74, 6) is -7.71.